The van der Waals surface area contributed by atoms with Crippen LogP contribution >= 0.6 is 0 Å². The minimum absolute atomic E-state index is 0.357. The molecule has 0 aromatic heterocycles. The monoisotopic (exact) mass is 369 g/mol. The first-order valence-corrected chi connectivity index (χ1v) is 8.51. The normalized spacial score (nSPS) is 10.5. The zero-order valence-corrected chi connectivity index (χ0v) is 15.7. The molecule has 27 heavy (non-hydrogen) atoms. The number of carbonyl (C=O) groups excluding carboxylic acids is 2. The van der Waals surface area contributed by atoms with Crippen molar-refractivity contribution in [1.29, 1.82) is 0 Å². The topological polar surface area (TPSA) is 73.9 Å². The van der Waals surface area contributed by atoms with E-state index in [2.05, 4.69) is 12.2 Å². The molecule has 0 saturated carbocycles. The summed E-state index contributed by atoms with van der Waals surface area (Å²) < 4.78 is 15.3. The molecule has 0 aliphatic heterocycles. The highest BCUT2D eigenvalue weighted by Crippen LogP contribution is 2.27. The average molecular weight is 369 g/mol. The molecule has 142 valence electrons. The van der Waals surface area contributed by atoms with Gasteiger partial charge in [-0.2, -0.15) is 0 Å². The van der Waals surface area contributed by atoms with Gasteiger partial charge in [0.15, 0.2) is 18.1 Å². The van der Waals surface area contributed by atoms with Gasteiger partial charge in [0, 0.05) is 11.8 Å². The quantitative estimate of drug-likeness (QED) is 0.570. The van der Waals surface area contributed by atoms with Gasteiger partial charge >= 0.3 is 5.97 Å². The molecule has 0 radical (unpaired) electrons. The van der Waals surface area contributed by atoms with Crippen LogP contribution in [0.1, 0.15) is 18.1 Å². The molecule has 0 saturated heterocycles. The first-order chi connectivity index (χ1) is 13.0. The number of carbonyl (C=O) groups is 2. The minimum Gasteiger partial charge on any atom is -0.493 e. The van der Waals surface area contributed by atoms with Gasteiger partial charge in [-0.1, -0.05) is 25.1 Å². The number of nitrogens with one attached hydrogen (secondary N) is 1. The molecule has 0 fully saturated rings. The van der Waals surface area contributed by atoms with E-state index >= 15 is 0 Å². The van der Waals surface area contributed by atoms with Crippen molar-refractivity contribution in [2.75, 3.05) is 26.1 Å². The van der Waals surface area contributed by atoms with E-state index in [1.54, 1.807) is 31.4 Å². The van der Waals surface area contributed by atoms with Gasteiger partial charge in [0.2, 0.25) is 0 Å². The van der Waals surface area contributed by atoms with Crippen molar-refractivity contribution in [3.63, 3.8) is 0 Å². The third-order valence-electron chi connectivity index (χ3n) is 3.81. The number of esters is 1. The Labute approximate surface area is 158 Å². The molecule has 6 nitrogen and oxygen atoms in total. The lowest BCUT2D eigenvalue weighted by Crippen LogP contribution is -2.20. The summed E-state index contributed by atoms with van der Waals surface area (Å²) >= 11 is 0. The standard InChI is InChI=1S/C21H23NO5/c1-4-15-5-9-17(10-6-15)22-20(23)14-27-21(24)12-8-16-7-11-18(25-2)19(13-16)26-3/h5-13H,4,14H2,1-3H3,(H,22,23). The summed E-state index contributed by atoms with van der Waals surface area (Å²) in [5, 5.41) is 2.68. The summed E-state index contributed by atoms with van der Waals surface area (Å²) in [7, 11) is 3.09. The third-order valence-corrected chi connectivity index (χ3v) is 3.81. The predicted octanol–water partition coefficient (Wildman–Crippen LogP) is 3.46. The lowest BCUT2D eigenvalue weighted by atomic mass is 10.1. The van der Waals surface area contributed by atoms with Gasteiger partial charge in [-0.3, -0.25) is 4.79 Å². The Balaban J connectivity index is 1.84. The van der Waals surface area contributed by atoms with Crippen LogP contribution in [0.15, 0.2) is 48.5 Å². The number of benzene rings is 2. The van der Waals surface area contributed by atoms with Gasteiger partial charge in [-0.25, -0.2) is 4.79 Å². The van der Waals surface area contributed by atoms with Crippen LogP contribution in [0.25, 0.3) is 6.08 Å². The molecule has 0 spiro atoms. The second-order valence-electron chi connectivity index (χ2n) is 5.65. The fourth-order valence-corrected chi connectivity index (χ4v) is 2.33. The van der Waals surface area contributed by atoms with Gasteiger partial charge in [-0.15, -0.1) is 0 Å². The molecule has 0 aliphatic rings. The molecule has 0 bridgehead atoms. The number of amides is 1. The second kappa shape index (κ2) is 10.0. The Hall–Kier alpha value is -3.28. The molecule has 1 amide bonds. The molecule has 0 heterocycles. The Morgan fingerprint density at radius 3 is 2.33 bits per heavy atom. The third kappa shape index (κ3) is 6.18. The first-order valence-electron chi connectivity index (χ1n) is 8.51. The van der Waals surface area contributed by atoms with Crippen LogP contribution in [0.3, 0.4) is 0 Å². The van der Waals surface area contributed by atoms with Crippen LogP contribution in [0, 0.1) is 0 Å². The highest BCUT2D eigenvalue weighted by molar-refractivity contribution is 5.94. The summed E-state index contributed by atoms with van der Waals surface area (Å²) in [6.07, 6.45) is 3.76. The van der Waals surface area contributed by atoms with E-state index in [0.29, 0.717) is 17.2 Å². The largest absolute Gasteiger partial charge is 0.493 e. The van der Waals surface area contributed by atoms with Crippen LogP contribution in [-0.2, 0) is 20.7 Å². The Morgan fingerprint density at radius 1 is 1.00 bits per heavy atom. The molecule has 0 unspecified atom stereocenters. The van der Waals surface area contributed by atoms with Crippen molar-refractivity contribution in [1.82, 2.24) is 0 Å². The van der Waals surface area contributed by atoms with E-state index in [9.17, 15) is 9.59 Å². The number of ether oxygens (including phenoxy) is 3. The average Bonchev–Trinajstić information content (AvgIpc) is 2.71. The molecule has 0 aliphatic carbocycles. The summed E-state index contributed by atoms with van der Waals surface area (Å²) in [6, 6.07) is 12.8. The molecule has 2 rings (SSSR count). The summed E-state index contributed by atoms with van der Waals surface area (Å²) in [6.45, 7) is 1.70. The van der Waals surface area contributed by atoms with Gasteiger partial charge < -0.3 is 19.5 Å². The number of hydrogen-bond acceptors (Lipinski definition) is 5. The molecular weight excluding hydrogens is 346 g/mol. The van der Waals surface area contributed by atoms with Crippen molar-refractivity contribution in [3.05, 3.63) is 59.7 Å². The fraction of sp³-hybridized carbons (Fsp3) is 0.238. The van der Waals surface area contributed by atoms with Crippen LogP contribution in [-0.4, -0.2) is 32.7 Å². The SMILES string of the molecule is CCc1ccc(NC(=O)COC(=O)C=Cc2ccc(OC)c(OC)c2)cc1. The zero-order chi connectivity index (χ0) is 19.6. The van der Waals surface area contributed by atoms with E-state index in [4.69, 9.17) is 14.2 Å². The van der Waals surface area contributed by atoms with Crippen molar-refractivity contribution in [2.24, 2.45) is 0 Å². The molecule has 0 atom stereocenters. The van der Waals surface area contributed by atoms with Crippen molar-refractivity contribution < 1.29 is 23.8 Å². The predicted molar refractivity (Wildman–Crippen MR) is 104 cm³/mol. The van der Waals surface area contributed by atoms with E-state index in [0.717, 1.165) is 12.0 Å². The lowest BCUT2D eigenvalue weighted by molar-refractivity contribution is -0.142. The zero-order valence-electron chi connectivity index (χ0n) is 15.7. The Bertz CT molecular complexity index is 812. The highest BCUT2D eigenvalue weighted by atomic mass is 16.5. The number of hydrogen-bond donors (Lipinski definition) is 1. The smallest absolute Gasteiger partial charge is 0.331 e. The van der Waals surface area contributed by atoms with Gasteiger partial charge in [0.25, 0.3) is 5.91 Å². The second-order valence-corrected chi connectivity index (χ2v) is 5.65. The van der Waals surface area contributed by atoms with E-state index in [-0.39, 0.29) is 6.61 Å². The molecule has 2 aromatic rings. The van der Waals surface area contributed by atoms with Crippen molar-refractivity contribution >= 4 is 23.6 Å². The molecule has 2 aromatic carbocycles. The van der Waals surface area contributed by atoms with Gasteiger partial charge in [0.05, 0.1) is 14.2 Å². The van der Waals surface area contributed by atoms with Crippen LogP contribution < -0.4 is 14.8 Å². The number of methoxy groups -OCH3 is 2. The first kappa shape index (κ1) is 20.0. The van der Waals surface area contributed by atoms with Crippen LogP contribution in [0.2, 0.25) is 0 Å². The van der Waals surface area contributed by atoms with Crippen molar-refractivity contribution in [3.8, 4) is 11.5 Å². The van der Waals surface area contributed by atoms with E-state index < -0.39 is 11.9 Å². The van der Waals surface area contributed by atoms with Gasteiger partial charge in [-0.05, 0) is 47.9 Å². The number of rotatable bonds is 8. The van der Waals surface area contributed by atoms with Crippen molar-refractivity contribution in [2.45, 2.75) is 13.3 Å². The fourth-order valence-electron chi connectivity index (χ4n) is 2.33. The van der Waals surface area contributed by atoms with Crippen LogP contribution in [0.4, 0.5) is 5.69 Å². The maximum Gasteiger partial charge on any atom is 0.331 e. The summed E-state index contributed by atoms with van der Waals surface area (Å²) in [5.74, 6) is 0.149. The van der Waals surface area contributed by atoms with Gasteiger partial charge in [0.1, 0.15) is 0 Å². The Kier molecular flexibility index (Phi) is 7.43. The minimum atomic E-state index is -0.610. The highest BCUT2D eigenvalue weighted by Gasteiger charge is 2.07. The van der Waals surface area contributed by atoms with E-state index in [1.165, 1.54) is 18.7 Å². The molecule has 1 N–H and O–H groups in total. The summed E-state index contributed by atoms with van der Waals surface area (Å²) in [4.78, 5) is 23.6. The molecule has 6 heteroatoms. The van der Waals surface area contributed by atoms with E-state index in [1.807, 2.05) is 24.3 Å². The lowest BCUT2D eigenvalue weighted by Gasteiger charge is -2.07. The maximum atomic E-state index is 11.9. The van der Waals surface area contributed by atoms with Crippen LogP contribution in [0.5, 0.6) is 11.5 Å². The number of aryl methyl sites for hydroxylation is 1. The Morgan fingerprint density at radius 2 is 1.70 bits per heavy atom. The maximum absolute atomic E-state index is 11.9. The summed E-state index contributed by atoms with van der Waals surface area (Å²) in [5.41, 5.74) is 2.58. The number of anilines is 1. The molecular formula is C21H23NO5.